The van der Waals surface area contributed by atoms with E-state index >= 15 is 0 Å². The van der Waals surface area contributed by atoms with Crippen molar-refractivity contribution >= 4 is 44.4 Å². The molecule has 0 saturated carbocycles. The fraction of sp³-hybridized carbons (Fsp3) is 0.200. The zero-order chi connectivity index (χ0) is 21.8. The average molecular weight is 449 g/mol. The molecule has 0 spiro atoms. The average Bonchev–Trinajstić information content (AvgIpc) is 3.19. The highest BCUT2D eigenvalue weighted by molar-refractivity contribution is 8.00. The first-order chi connectivity index (χ1) is 15.0. The summed E-state index contributed by atoms with van der Waals surface area (Å²) in [5, 5.41) is 0.740. The predicted molar refractivity (Wildman–Crippen MR) is 130 cm³/mol. The number of hydrogen-bond acceptors (Lipinski definition) is 5. The number of carbonyl (C=O) groups excluding carboxylic acids is 1. The first kappa shape index (κ1) is 21.4. The summed E-state index contributed by atoms with van der Waals surface area (Å²) in [5.41, 5.74) is 4.47. The number of amides is 1. The summed E-state index contributed by atoms with van der Waals surface area (Å²) in [4.78, 5) is 20.9. The Morgan fingerprint density at radius 1 is 1.03 bits per heavy atom. The summed E-state index contributed by atoms with van der Waals surface area (Å²) in [6.07, 6.45) is 0. The molecule has 0 aliphatic rings. The SMILES string of the molecule is COc1ccc(SCC(=O)N(Cc2ccccc2)c2nc3cc(C)c(C)cc3s2)cc1. The van der Waals surface area contributed by atoms with Crippen LogP contribution in [0.3, 0.4) is 0 Å². The maximum Gasteiger partial charge on any atom is 0.239 e. The third-order valence-corrected chi connectivity index (χ3v) is 7.17. The molecule has 1 aromatic heterocycles. The van der Waals surface area contributed by atoms with Gasteiger partial charge in [-0.05, 0) is 66.9 Å². The normalized spacial score (nSPS) is 10.9. The van der Waals surface area contributed by atoms with E-state index in [1.807, 2.05) is 54.6 Å². The Morgan fingerprint density at radius 2 is 1.74 bits per heavy atom. The molecular formula is C25H24N2O2S2. The molecule has 0 aliphatic carbocycles. The molecule has 4 rings (SSSR count). The van der Waals surface area contributed by atoms with Crippen LogP contribution in [-0.2, 0) is 11.3 Å². The summed E-state index contributed by atoms with van der Waals surface area (Å²) in [7, 11) is 1.65. The van der Waals surface area contributed by atoms with Crippen molar-refractivity contribution in [3.05, 3.63) is 83.4 Å². The van der Waals surface area contributed by atoms with Crippen LogP contribution in [-0.4, -0.2) is 23.8 Å². The van der Waals surface area contributed by atoms with Crippen LogP contribution in [0.2, 0.25) is 0 Å². The lowest BCUT2D eigenvalue weighted by Gasteiger charge is -2.20. The molecule has 6 heteroatoms. The number of anilines is 1. The maximum absolute atomic E-state index is 13.3. The second-order valence-electron chi connectivity index (χ2n) is 7.33. The van der Waals surface area contributed by atoms with Gasteiger partial charge in [0.25, 0.3) is 0 Å². The van der Waals surface area contributed by atoms with E-state index in [1.54, 1.807) is 23.3 Å². The van der Waals surface area contributed by atoms with Gasteiger partial charge in [-0.1, -0.05) is 41.7 Å². The zero-order valence-corrected chi connectivity index (χ0v) is 19.4. The van der Waals surface area contributed by atoms with Gasteiger partial charge in [-0.2, -0.15) is 0 Å². The number of aryl methyl sites for hydroxylation is 2. The number of rotatable bonds is 7. The molecule has 0 N–H and O–H groups in total. The topological polar surface area (TPSA) is 42.4 Å². The lowest BCUT2D eigenvalue weighted by molar-refractivity contribution is -0.116. The molecule has 0 radical (unpaired) electrons. The molecule has 1 heterocycles. The van der Waals surface area contributed by atoms with E-state index in [2.05, 4.69) is 26.0 Å². The lowest BCUT2D eigenvalue weighted by atomic mass is 10.1. The van der Waals surface area contributed by atoms with Crippen molar-refractivity contribution in [1.82, 2.24) is 4.98 Å². The lowest BCUT2D eigenvalue weighted by Crippen LogP contribution is -2.31. The van der Waals surface area contributed by atoms with Crippen LogP contribution < -0.4 is 9.64 Å². The van der Waals surface area contributed by atoms with Crippen LogP contribution in [0.5, 0.6) is 5.75 Å². The molecular weight excluding hydrogens is 424 g/mol. The monoisotopic (exact) mass is 448 g/mol. The number of benzene rings is 3. The quantitative estimate of drug-likeness (QED) is 0.314. The van der Waals surface area contributed by atoms with Crippen LogP contribution in [0.4, 0.5) is 5.13 Å². The van der Waals surface area contributed by atoms with Crippen molar-refractivity contribution < 1.29 is 9.53 Å². The Labute approximate surface area is 190 Å². The van der Waals surface area contributed by atoms with Gasteiger partial charge >= 0.3 is 0 Å². The Balaban J connectivity index is 1.59. The smallest absolute Gasteiger partial charge is 0.239 e. The number of carbonyl (C=O) groups is 1. The molecule has 0 aliphatic heterocycles. The molecule has 0 bridgehead atoms. The van der Waals surface area contributed by atoms with E-state index in [0.29, 0.717) is 12.3 Å². The Morgan fingerprint density at radius 3 is 2.45 bits per heavy atom. The third-order valence-electron chi connectivity index (χ3n) is 5.13. The molecule has 0 atom stereocenters. The second kappa shape index (κ2) is 9.54. The molecule has 0 fully saturated rings. The number of hydrogen-bond donors (Lipinski definition) is 0. The Kier molecular flexibility index (Phi) is 6.59. The van der Waals surface area contributed by atoms with E-state index in [4.69, 9.17) is 9.72 Å². The number of thiazole rings is 1. The van der Waals surface area contributed by atoms with Gasteiger partial charge in [0.05, 0.1) is 29.6 Å². The first-order valence-electron chi connectivity index (χ1n) is 10.0. The third kappa shape index (κ3) is 5.09. The van der Waals surface area contributed by atoms with Gasteiger partial charge < -0.3 is 4.74 Å². The van der Waals surface area contributed by atoms with Crippen LogP contribution >= 0.6 is 23.1 Å². The number of aromatic nitrogens is 1. The van der Waals surface area contributed by atoms with Gasteiger partial charge in [-0.25, -0.2) is 4.98 Å². The van der Waals surface area contributed by atoms with Crippen molar-refractivity contribution in [1.29, 1.82) is 0 Å². The van der Waals surface area contributed by atoms with E-state index < -0.39 is 0 Å². The predicted octanol–water partition coefficient (Wildman–Crippen LogP) is 6.25. The van der Waals surface area contributed by atoms with Gasteiger partial charge in [0, 0.05) is 4.90 Å². The molecule has 3 aromatic carbocycles. The van der Waals surface area contributed by atoms with E-state index in [0.717, 1.165) is 31.6 Å². The van der Waals surface area contributed by atoms with Crippen molar-refractivity contribution in [3.8, 4) is 5.75 Å². The first-order valence-corrected chi connectivity index (χ1v) is 11.8. The minimum absolute atomic E-state index is 0.0390. The number of fused-ring (bicyclic) bond motifs is 1. The number of thioether (sulfide) groups is 1. The minimum atomic E-state index is 0.0390. The van der Waals surface area contributed by atoms with Crippen LogP contribution in [0.25, 0.3) is 10.2 Å². The molecule has 4 nitrogen and oxygen atoms in total. The Hall–Kier alpha value is -2.83. The summed E-state index contributed by atoms with van der Waals surface area (Å²) in [6.45, 7) is 4.69. The fourth-order valence-electron chi connectivity index (χ4n) is 3.21. The van der Waals surface area contributed by atoms with Crippen molar-refractivity contribution in [2.75, 3.05) is 17.8 Å². The molecule has 0 unspecified atom stereocenters. The van der Waals surface area contributed by atoms with Gasteiger partial charge in [-0.3, -0.25) is 9.69 Å². The van der Waals surface area contributed by atoms with Gasteiger partial charge in [0.15, 0.2) is 5.13 Å². The zero-order valence-electron chi connectivity index (χ0n) is 17.8. The highest BCUT2D eigenvalue weighted by Gasteiger charge is 2.21. The van der Waals surface area contributed by atoms with Gasteiger partial charge in [-0.15, -0.1) is 11.8 Å². The Bertz CT molecular complexity index is 1150. The minimum Gasteiger partial charge on any atom is -0.497 e. The van der Waals surface area contributed by atoms with Gasteiger partial charge in [0.2, 0.25) is 5.91 Å². The maximum atomic E-state index is 13.3. The largest absolute Gasteiger partial charge is 0.497 e. The molecule has 158 valence electrons. The van der Waals surface area contributed by atoms with Crippen molar-refractivity contribution in [2.45, 2.75) is 25.3 Å². The number of methoxy groups -OCH3 is 1. The van der Waals surface area contributed by atoms with Crippen LogP contribution in [0.15, 0.2) is 71.6 Å². The standard InChI is InChI=1S/C25H24N2O2S2/c1-17-13-22-23(14-18(17)2)31-25(26-22)27(15-19-7-5-4-6-8-19)24(28)16-30-21-11-9-20(29-3)10-12-21/h4-14H,15-16H2,1-3H3. The van der Waals surface area contributed by atoms with E-state index in [1.165, 1.54) is 22.9 Å². The fourth-order valence-corrected chi connectivity index (χ4v) is 5.04. The molecule has 1 amide bonds. The summed E-state index contributed by atoms with van der Waals surface area (Å²) < 4.78 is 6.31. The molecule has 31 heavy (non-hydrogen) atoms. The number of nitrogens with zero attached hydrogens (tertiary/aromatic N) is 2. The highest BCUT2D eigenvalue weighted by Crippen LogP contribution is 2.32. The second-order valence-corrected chi connectivity index (χ2v) is 9.39. The van der Waals surface area contributed by atoms with E-state index in [9.17, 15) is 4.79 Å². The van der Waals surface area contributed by atoms with Crippen molar-refractivity contribution in [3.63, 3.8) is 0 Å². The summed E-state index contributed by atoms with van der Waals surface area (Å²) >= 11 is 3.09. The van der Waals surface area contributed by atoms with Crippen molar-refractivity contribution in [2.24, 2.45) is 0 Å². The van der Waals surface area contributed by atoms with Crippen LogP contribution in [0, 0.1) is 13.8 Å². The number of ether oxygens (including phenoxy) is 1. The molecule has 0 saturated heterocycles. The summed E-state index contributed by atoms with van der Waals surface area (Å²) in [5.74, 6) is 1.19. The summed E-state index contributed by atoms with van der Waals surface area (Å²) in [6, 6.07) is 22.1. The van der Waals surface area contributed by atoms with Crippen LogP contribution in [0.1, 0.15) is 16.7 Å². The van der Waals surface area contributed by atoms with Gasteiger partial charge in [0.1, 0.15) is 5.75 Å². The highest BCUT2D eigenvalue weighted by atomic mass is 32.2. The molecule has 4 aromatic rings. The van der Waals surface area contributed by atoms with E-state index in [-0.39, 0.29) is 5.91 Å².